The minimum atomic E-state index is -0.0426. The lowest BCUT2D eigenvalue weighted by Crippen LogP contribution is -2.27. The van der Waals surface area contributed by atoms with Crippen molar-refractivity contribution in [2.24, 2.45) is 0 Å². The Hall–Kier alpha value is -2.00. The fourth-order valence-electron chi connectivity index (χ4n) is 2.56. The van der Waals surface area contributed by atoms with Crippen LogP contribution in [-0.2, 0) is 5.41 Å². The van der Waals surface area contributed by atoms with E-state index in [0.29, 0.717) is 5.56 Å². The third-order valence-electron chi connectivity index (χ3n) is 4.11. The molecule has 0 fully saturated rings. The van der Waals surface area contributed by atoms with E-state index in [1.165, 1.54) is 5.56 Å². The molecule has 1 amide bonds. The molecule has 132 valence electrons. The fraction of sp³-hybridized carbons (Fsp3) is 0.318. The van der Waals surface area contributed by atoms with Crippen LogP contribution in [0.5, 0.6) is 0 Å². The summed E-state index contributed by atoms with van der Waals surface area (Å²) in [7, 11) is 0. The summed E-state index contributed by atoms with van der Waals surface area (Å²) in [4.78, 5) is 13.7. The number of amides is 1. The first-order valence-electron chi connectivity index (χ1n) is 8.57. The van der Waals surface area contributed by atoms with Crippen molar-refractivity contribution in [1.29, 1.82) is 0 Å². The van der Waals surface area contributed by atoms with E-state index in [-0.39, 0.29) is 17.4 Å². The van der Waals surface area contributed by atoms with E-state index in [9.17, 15) is 4.79 Å². The summed E-state index contributed by atoms with van der Waals surface area (Å²) < 4.78 is 0. The molecule has 3 heteroatoms. The zero-order valence-corrected chi connectivity index (χ0v) is 16.3. The van der Waals surface area contributed by atoms with Gasteiger partial charge < -0.3 is 5.32 Å². The van der Waals surface area contributed by atoms with Gasteiger partial charge >= 0.3 is 0 Å². The summed E-state index contributed by atoms with van der Waals surface area (Å²) >= 11 is 1.62. The summed E-state index contributed by atoms with van der Waals surface area (Å²) in [5, 5.41) is 3.11. The Morgan fingerprint density at radius 3 is 2.40 bits per heavy atom. The number of nitrogens with one attached hydrogen (secondary N) is 1. The molecule has 25 heavy (non-hydrogen) atoms. The van der Waals surface area contributed by atoms with Crippen molar-refractivity contribution in [2.75, 3.05) is 5.75 Å². The normalized spacial score (nSPS) is 12.5. The highest BCUT2D eigenvalue weighted by Crippen LogP contribution is 2.25. The monoisotopic (exact) mass is 353 g/mol. The number of rotatable bonds is 6. The van der Waals surface area contributed by atoms with Gasteiger partial charge in [-0.1, -0.05) is 63.2 Å². The van der Waals surface area contributed by atoms with Crippen molar-refractivity contribution in [3.8, 4) is 0 Å². The van der Waals surface area contributed by atoms with Crippen LogP contribution >= 0.6 is 11.8 Å². The second-order valence-corrected chi connectivity index (χ2v) is 8.22. The standard InChI is InChI=1S/C22H27NOS/c1-6-15-25-20-10-8-7-9-19(20)21(24)23-16(2)17-11-13-18(14-12-17)22(3,4)5/h6-14,16H,1,15H2,2-5H3,(H,23,24)/t16-/m1/s1. The molecule has 0 unspecified atom stereocenters. The molecule has 0 saturated heterocycles. The molecule has 2 nitrogen and oxygen atoms in total. The highest BCUT2D eigenvalue weighted by Gasteiger charge is 2.16. The zero-order valence-electron chi connectivity index (χ0n) is 15.5. The largest absolute Gasteiger partial charge is 0.345 e. The van der Waals surface area contributed by atoms with Gasteiger partial charge in [0.05, 0.1) is 11.6 Å². The molecule has 0 heterocycles. The highest BCUT2D eigenvalue weighted by molar-refractivity contribution is 7.99. The van der Waals surface area contributed by atoms with Crippen LogP contribution in [-0.4, -0.2) is 11.7 Å². The van der Waals surface area contributed by atoms with Crippen LogP contribution in [0.3, 0.4) is 0 Å². The molecule has 1 N–H and O–H groups in total. The van der Waals surface area contributed by atoms with Gasteiger partial charge in [-0.05, 0) is 35.6 Å². The quantitative estimate of drug-likeness (QED) is 0.529. The van der Waals surface area contributed by atoms with Gasteiger partial charge in [-0.25, -0.2) is 0 Å². The molecule has 2 aromatic rings. The molecule has 0 saturated carbocycles. The summed E-state index contributed by atoms with van der Waals surface area (Å²) in [5.41, 5.74) is 3.25. The lowest BCUT2D eigenvalue weighted by atomic mass is 9.86. The second kappa shape index (κ2) is 8.39. The molecule has 2 aromatic carbocycles. The third kappa shape index (κ3) is 5.23. The van der Waals surface area contributed by atoms with Crippen LogP contribution in [0.4, 0.5) is 0 Å². The Bertz CT molecular complexity index is 728. The average Bonchev–Trinajstić information content (AvgIpc) is 2.59. The summed E-state index contributed by atoms with van der Waals surface area (Å²) in [6.07, 6.45) is 1.85. The van der Waals surface area contributed by atoms with Crippen molar-refractivity contribution in [3.05, 3.63) is 77.9 Å². The molecular formula is C22H27NOS. The van der Waals surface area contributed by atoms with Gasteiger partial charge in [-0.2, -0.15) is 0 Å². The minimum Gasteiger partial charge on any atom is -0.345 e. The van der Waals surface area contributed by atoms with Crippen LogP contribution in [0.1, 0.15) is 55.2 Å². The predicted molar refractivity (Wildman–Crippen MR) is 108 cm³/mol. The smallest absolute Gasteiger partial charge is 0.252 e. The van der Waals surface area contributed by atoms with E-state index >= 15 is 0 Å². The van der Waals surface area contributed by atoms with Gasteiger partial charge in [0.15, 0.2) is 0 Å². The number of carbonyl (C=O) groups is 1. The van der Waals surface area contributed by atoms with Gasteiger partial charge in [0.25, 0.3) is 5.91 Å². The molecule has 0 spiro atoms. The van der Waals surface area contributed by atoms with Crippen LogP contribution in [0, 0.1) is 0 Å². The summed E-state index contributed by atoms with van der Waals surface area (Å²) in [5.74, 6) is 0.744. The first kappa shape index (κ1) is 19.3. The number of hydrogen-bond donors (Lipinski definition) is 1. The molecule has 0 aromatic heterocycles. The average molecular weight is 354 g/mol. The van der Waals surface area contributed by atoms with E-state index in [4.69, 9.17) is 0 Å². The molecular weight excluding hydrogens is 326 g/mol. The van der Waals surface area contributed by atoms with Gasteiger partial charge in [0.2, 0.25) is 0 Å². The Balaban J connectivity index is 2.11. The fourth-order valence-corrected chi connectivity index (χ4v) is 3.35. The number of carbonyl (C=O) groups excluding carboxylic acids is 1. The van der Waals surface area contributed by atoms with E-state index in [1.807, 2.05) is 37.3 Å². The Morgan fingerprint density at radius 1 is 1.16 bits per heavy atom. The van der Waals surface area contributed by atoms with Crippen molar-refractivity contribution in [2.45, 2.75) is 44.0 Å². The van der Waals surface area contributed by atoms with Crippen LogP contribution in [0.2, 0.25) is 0 Å². The molecule has 0 aliphatic rings. The van der Waals surface area contributed by atoms with E-state index in [0.717, 1.165) is 16.2 Å². The number of thioether (sulfide) groups is 1. The molecule has 0 radical (unpaired) electrons. The van der Waals surface area contributed by atoms with Crippen LogP contribution in [0.25, 0.3) is 0 Å². The van der Waals surface area contributed by atoms with Gasteiger partial charge in [0, 0.05) is 10.6 Å². The Kier molecular flexibility index (Phi) is 6.49. The van der Waals surface area contributed by atoms with Crippen molar-refractivity contribution >= 4 is 17.7 Å². The van der Waals surface area contributed by atoms with Gasteiger partial charge in [-0.3, -0.25) is 4.79 Å². The predicted octanol–water partition coefficient (Wildman–Crippen LogP) is 5.75. The molecule has 1 atom stereocenters. The second-order valence-electron chi connectivity index (χ2n) is 7.16. The first-order chi connectivity index (χ1) is 11.8. The minimum absolute atomic E-state index is 0.0421. The molecule has 0 aliphatic heterocycles. The SMILES string of the molecule is C=CCSc1ccccc1C(=O)N[C@H](C)c1ccc(C(C)(C)C)cc1. The zero-order chi connectivity index (χ0) is 18.4. The van der Waals surface area contributed by atoms with E-state index < -0.39 is 0 Å². The Morgan fingerprint density at radius 2 is 1.80 bits per heavy atom. The lowest BCUT2D eigenvalue weighted by Gasteiger charge is -2.21. The number of hydrogen-bond acceptors (Lipinski definition) is 2. The van der Waals surface area contributed by atoms with Crippen LogP contribution in [0.15, 0.2) is 66.1 Å². The topological polar surface area (TPSA) is 29.1 Å². The summed E-state index contributed by atoms with van der Waals surface area (Å²) in [6.45, 7) is 12.4. The molecule has 0 bridgehead atoms. The lowest BCUT2D eigenvalue weighted by molar-refractivity contribution is 0.0937. The van der Waals surface area contributed by atoms with E-state index in [2.05, 4.69) is 56.9 Å². The summed E-state index contributed by atoms with van der Waals surface area (Å²) in [6, 6.07) is 16.2. The van der Waals surface area contributed by atoms with Crippen LogP contribution < -0.4 is 5.32 Å². The Labute approximate surface area is 155 Å². The van der Waals surface area contributed by atoms with Gasteiger partial charge in [0.1, 0.15) is 0 Å². The third-order valence-corrected chi connectivity index (χ3v) is 5.18. The van der Waals surface area contributed by atoms with Gasteiger partial charge in [-0.15, -0.1) is 18.3 Å². The first-order valence-corrected chi connectivity index (χ1v) is 9.55. The maximum Gasteiger partial charge on any atom is 0.252 e. The van der Waals surface area contributed by atoms with Crippen molar-refractivity contribution < 1.29 is 4.79 Å². The van der Waals surface area contributed by atoms with E-state index in [1.54, 1.807) is 11.8 Å². The van der Waals surface area contributed by atoms with Crippen molar-refractivity contribution in [1.82, 2.24) is 5.32 Å². The van der Waals surface area contributed by atoms with Crippen molar-refractivity contribution in [3.63, 3.8) is 0 Å². The maximum absolute atomic E-state index is 12.7. The maximum atomic E-state index is 12.7. The molecule has 0 aliphatic carbocycles. The number of benzene rings is 2. The highest BCUT2D eigenvalue weighted by atomic mass is 32.2. The molecule has 2 rings (SSSR count).